The highest BCUT2D eigenvalue weighted by atomic mass is 35.5. The van der Waals surface area contributed by atoms with Crippen LogP contribution in [0.15, 0.2) is 78.6 Å². The maximum atomic E-state index is 12.5. The zero-order valence-electron chi connectivity index (χ0n) is 16.0. The lowest BCUT2D eigenvalue weighted by atomic mass is 10.1. The lowest BCUT2D eigenvalue weighted by Crippen LogP contribution is -2.27. The molecule has 5 nitrogen and oxygen atoms in total. The van der Waals surface area contributed by atoms with Crippen molar-refractivity contribution in [3.8, 4) is 5.75 Å². The van der Waals surface area contributed by atoms with E-state index < -0.39 is 0 Å². The van der Waals surface area contributed by atoms with Crippen LogP contribution in [-0.4, -0.2) is 18.4 Å². The molecule has 0 saturated heterocycles. The first-order valence-electron chi connectivity index (χ1n) is 9.51. The van der Waals surface area contributed by atoms with E-state index in [-0.39, 0.29) is 17.6 Å². The third-order valence-electron chi connectivity index (χ3n) is 4.64. The van der Waals surface area contributed by atoms with Crippen molar-refractivity contribution in [2.45, 2.75) is 6.42 Å². The molecule has 1 heterocycles. The van der Waals surface area contributed by atoms with Crippen LogP contribution >= 0.6 is 11.6 Å². The number of hydrogen-bond acceptors (Lipinski definition) is 3. The summed E-state index contributed by atoms with van der Waals surface area (Å²) in [6.45, 7) is 0.490. The molecule has 6 heteroatoms. The second-order valence-electron chi connectivity index (χ2n) is 6.82. The minimum Gasteiger partial charge on any atom is -0.449 e. The van der Waals surface area contributed by atoms with Gasteiger partial charge in [0.15, 0.2) is 11.5 Å². The number of hydrogen-bond donors (Lipinski definition) is 2. The summed E-state index contributed by atoms with van der Waals surface area (Å²) in [5.74, 6) is 0.127. The summed E-state index contributed by atoms with van der Waals surface area (Å²) in [4.78, 5) is 24.8. The molecule has 2 amide bonds. The molecule has 0 radical (unpaired) electrons. The van der Waals surface area contributed by atoms with Crippen molar-refractivity contribution in [3.63, 3.8) is 0 Å². The minimum absolute atomic E-state index is 0.203. The van der Waals surface area contributed by atoms with Crippen molar-refractivity contribution in [2.75, 3.05) is 11.9 Å². The molecule has 3 aromatic rings. The molecule has 0 bridgehead atoms. The standard InChI is InChI=1S/C24H19ClN2O3/c25-19-9-6-16(7-10-19)12-13-26-23(28)18-8-11-21-20(15-18)27-24(29)22(30-21)14-17-4-2-1-3-5-17/h1-11,14-15H,12-13H2,(H,26,28)(H,27,29). The predicted molar refractivity (Wildman–Crippen MR) is 118 cm³/mol. The number of carbonyl (C=O) groups is 2. The van der Waals surface area contributed by atoms with Gasteiger partial charge in [0, 0.05) is 17.1 Å². The molecule has 1 aliphatic rings. The van der Waals surface area contributed by atoms with E-state index in [0.29, 0.717) is 35.0 Å². The summed E-state index contributed by atoms with van der Waals surface area (Å²) in [5.41, 5.74) is 2.87. The van der Waals surface area contributed by atoms with Gasteiger partial charge in [-0.1, -0.05) is 54.1 Å². The second kappa shape index (κ2) is 8.84. The van der Waals surface area contributed by atoms with E-state index >= 15 is 0 Å². The molecule has 0 aliphatic carbocycles. The average molecular weight is 419 g/mol. The van der Waals surface area contributed by atoms with Gasteiger partial charge >= 0.3 is 0 Å². The quantitative estimate of drug-likeness (QED) is 0.591. The van der Waals surface area contributed by atoms with Crippen LogP contribution < -0.4 is 15.4 Å². The Bertz CT molecular complexity index is 1110. The van der Waals surface area contributed by atoms with Gasteiger partial charge in [0.25, 0.3) is 11.8 Å². The van der Waals surface area contributed by atoms with Crippen molar-refractivity contribution >= 4 is 35.2 Å². The van der Waals surface area contributed by atoms with Gasteiger partial charge in [0.05, 0.1) is 5.69 Å². The fraction of sp³-hybridized carbons (Fsp3) is 0.0833. The van der Waals surface area contributed by atoms with E-state index in [1.165, 1.54) is 0 Å². The molecule has 1 aliphatic heterocycles. The molecular weight excluding hydrogens is 400 g/mol. The summed E-state index contributed by atoms with van der Waals surface area (Å²) >= 11 is 5.88. The molecular formula is C24H19ClN2O3. The van der Waals surface area contributed by atoms with E-state index in [0.717, 1.165) is 11.1 Å². The van der Waals surface area contributed by atoms with E-state index in [1.54, 1.807) is 24.3 Å². The highest BCUT2D eigenvalue weighted by Gasteiger charge is 2.23. The predicted octanol–water partition coefficient (Wildman–Crippen LogP) is 4.68. The summed E-state index contributed by atoms with van der Waals surface area (Å²) in [5, 5.41) is 6.36. The minimum atomic E-state index is -0.355. The van der Waals surface area contributed by atoms with Gasteiger partial charge in [0.2, 0.25) is 0 Å². The SMILES string of the molecule is O=C1Nc2cc(C(=O)NCCc3ccc(Cl)cc3)ccc2OC1=Cc1ccccc1. The van der Waals surface area contributed by atoms with Crippen molar-refractivity contribution in [1.82, 2.24) is 5.32 Å². The fourth-order valence-electron chi connectivity index (χ4n) is 3.08. The molecule has 0 unspecified atom stereocenters. The van der Waals surface area contributed by atoms with Crippen molar-refractivity contribution in [2.24, 2.45) is 0 Å². The molecule has 30 heavy (non-hydrogen) atoms. The Morgan fingerprint density at radius 3 is 2.57 bits per heavy atom. The van der Waals surface area contributed by atoms with Crippen molar-refractivity contribution < 1.29 is 14.3 Å². The third-order valence-corrected chi connectivity index (χ3v) is 4.90. The van der Waals surface area contributed by atoms with Gasteiger partial charge in [-0.25, -0.2) is 0 Å². The number of fused-ring (bicyclic) bond motifs is 1. The van der Waals surface area contributed by atoms with Gasteiger partial charge in [-0.15, -0.1) is 0 Å². The molecule has 0 saturated carbocycles. The molecule has 0 spiro atoms. The lowest BCUT2D eigenvalue weighted by molar-refractivity contribution is -0.115. The molecule has 0 atom stereocenters. The summed E-state index contributed by atoms with van der Waals surface area (Å²) in [7, 11) is 0. The van der Waals surface area contributed by atoms with Crippen LogP contribution in [-0.2, 0) is 11.2 Å². The van der Waals surface area contributed by atoms with Crippen LogP contribution in [0.4, 0.5) is 5.69 Å². The van der Waals surface area contributed by atoms with Gasteiger partial charge in [-0.2, -0.15) is 0 Å². The van der Waals surface area contributed by atoms with Crippen LogP contribution in [0.3, 0.4) is 0 Å². The summed E-state index contributed by atoms with van der Waals surface area (Å²) < 4.78 is 5.74. The zero-order chi connectivity index (χ0) is 20.9. The number of ether oxygens (including phenoxy) is 1. The summed E-state index contributed by atoms with van der Waals surface area (Å²) in [6, 6.07) is 21.9. The average Bonchev–Trinajstić information content (AvgIpc) is 2.76. The van der Waals surface area contributed by atoms with Gasteiger partial charge in [-0.05, 0) is 54.0 Å². The van der Waals surface area contributed by atoms with E-state index in [1.807, 2.05) is 54.6 Å². The van der Waals surface area contributed by atoms with E-state index in [4.69, 9.17) is 16.3 Å². The van der Waals surface area contributed by atoms with Gasteiger partial charge < -0.3 is 15.4 Å². The Kier molecular flexibility index (Phi) is 5.82. The molecule has 2 N–H and O–H groups in total. The topological polar surface area (TPSA) is 67.4 Å². The second-order valence-corrected chi connectivity index (χ2v) is 7.26. The van der Waals surface area contributed by atoms with Crippen LogP contribution in [0.5, 0.6) is 5.75 Å². The Labute approximate surface area is 179 Å². The van der Waals surface area contributed by atoms with Gasteiger partial charge in [0.1, 0.15) is 0 Å². The van der Waals surface area contributed by atoms with E-state index in [2.05, 4.69) is 10.6 Å². The number of nitrogens with one attached hydrogen (secondary N) is 2. The Hall–Kier alpha value is -3.57. The first kappa shape index (κ1) is 19.7. The van der Waals surface area contributed by atoms with E-state index in [9.17, 15) is 9.59 Å². The lowest BCUT2D eigenvalue weighted by Gasteiger charge is -2.20. The first-order chi connectivity index (χ1) is 14.6. The zero-order valence-corrected chi connectivity index (χ0v) is 16.8. The number of amides is 2. The molecule has 3 aromatic carbocycles. The molecule has 0 fully saturated rings. The number of benzene rings is 3. The third kappa shape index (κ3) is 4.70. The van der Waals surface area contributed by atoms with Crippen LogP contribution in [0.2, 0.25) is 5.02 Å². The largest absolute Gasteiger partial charge is 0.449 e. The number of halogens is 1. The Balaban J connectivity index is 1.41. The highest BCUT2D eigenvalue weighted by molar-refractivity contribution is 6.30. The smallest absolute Gasteiger partial charge is 0.291 e. The van der Waals surface area contributed by atoms with Crippen molar-refractivity contribution in [1.29, 1.82) is 0 Å². The fourth-order valence-corrected chi connectivity index (χ4v) is 3.20. The molecule has 4 rings (SSSR count). The van der Waals surface area contributed by atoms with Crippen LogP contribution in [0.25, 0.3) is 6.08 Å². The first-order valence-corrected chi connectivity index (χ1v) is 9.89. The van der Waals surface area contributed by atoms with Gasteiger partial charge in [-0.3, -0.25) is 9.59 Å². The summed E-state index contributed by atoms with van der Waals surface area (Å²) in [6.07, 6.45) is 2.37. The number of anilines is 1. The molecule has 0 aromatic heterocycles. The maximum Gasteiger partial charge on any atom is 0.291 e. The van der Waals surface area contributed by atoms with Crippen molar-refractivity contribution in [3.05, 3.63) is 100 Å². The normalized spacial score (nSPS) is 13.9. The number of rotatable bonds is 5. The van der Waals surface area contributed by atoms with Crippen LogP contribution in [0, 0.1) is 0 Å². The maximum absolute atomic E-state index is 12.5. The number of carbonyl (C=O) groups excluding carboxylic acids is 2. The Morgan fingerprint density at radius 2 is 1.80 bits per heavy atom. The highest BCUT2D eigenvalue weighted by Crippen LogP contribution is 2.32. The molecule has 150 valence electrons. The monoisotopic (exact) mass is 418 g/mol. The Morgan fingerprint density at radius 1 is 1.03 bits per heavy atom. The van der Waals surface area contributed by atoms with Crippen LogP contribution in [0.1, 0.15) is 21.5 Å².